The lowest BCUT2D eigenvalue weighted by atomic mass is 9.95. The van der Waals surface area contributed by atoms with E-state index >= 15 is 0 Å². The molecule has 1 amide bonds. The van der Waals surface area contributed by atoms with Crippen LogP contribution < -0.4 is 5.32 Å². The van der Waals surface area contributed by atoms with Gasteiger partial charge < -0.3 is 5.32 Å². The third kappa shape index (κ3) is 4.33. The van der Waals surface area contributed by atoms with Crippen LogP contribution in [0.25, 0.3) is 0 Å². The van der Waals surface area contributed by atoms with Gasteiger partial charge in [-0.1, -0.05) is 72.3 Å². The van der Waals surface area contributed by atoms with Gasteiger partial charge in [0.2, 0.25) is 15.9 Å². The molecule has 0 aliphatic carbocycles. The number of fused-ring (bicyclic) bond motifs is 1. The first-order chi connectivity index (χ1) is 15.3. The Labute approximate surface area is 190 Å². The van der Waals surface area contributed by atoms with Gasteiger partial charge in [-0.3, -0.25) is 4.79 Å². The fourth-order valence-corrected chi connectivity index (χ4v) is 6.55. The highest BCUT2D eigenvalue weighted by Gasteiger charge is 2.40. The third-order valence-electron chi connectivity index (χ3n) is 5.99. The van der Waals surface area contributed by atoms with E-state index in [2.05, 4.69) is 5.32 Å². The summed E-state index contributed by atoms with van der Waals surface area (Å²) < 4.78 is 29.1. The van der Waals surface area contributed by atoms with Crippen molar-refractivity contribution in [3.8, 4) is 0 Å². The second kappa shape index (κ2) is 8.88. The number of benzene rings is 3. The van der Waals surface area contributed by atoms with Crippen molar-refractivity contribution < 1.29 is 13.2 Å². The van der Waals surface area contributed by atoms with Crippen LogP contribution in [0.15, 0.2) is 71.6 Å². The molecule has 3 aromatic rings. The van der Waals surface area contributed by atoms with Crippen molar-refractivity contribution >= 4 is 15.9 Å². The molecule has 0 saturated carbocycles. The standard InChI is InChI=1S/C26H28N2O3S/c1-18-13-19(2)25(20(3)14-18)32(30,31)28-17-23-12-8-7-11-22(23)15-24(28)26(29)27-16-21-9-5-4-6-10-21/h4-14,24H,15-17H2,1-3H3,(H,27,29). The maximum absolute atomic E-state index is 13.9. The fourth-order valence-electron chi connectivity index (χ4n) is 4.57. The van der Waals surface area contributed by atoms with Gasteiger partial charge in [-0.15, -0.1) is 0 Å². The highest BCUT2D eigenvalue weighted by atomic mass is 32.2. The van der Waals surface area contributed by atoms with Crippen molar-refractivity contribution in [3.05, 3.63) is 100 Å². The fraction of sp³-hybridized carbons (Fsp3) is 0.269. The maximum atomic E-state index is 13.9. The molecule has 0 aromatic heterocycles. The molecule has 5 nitrogen and oxygen atoms in total. The number of sulfonamides is 1. The zero-order valence-corrected chi connectivity index (χ0v) is 19.4. The lowest BCUT2D eigenvalue weighted by Crippen LogP contribution is -2.52. The van der Waals surface area contributed by atoms with Crippen molar-refractivity contribution in [1.82, 2.24) is 9.62 Å². The molecule has 1 aliphatic rings. The molecule has 4 rings (SSSR count). The largest absolute Gasteiger partial charge is 0.351 e. The first-order valence-electron chi connectivity index (χ1n) is 10.8. The molecular formula is C26H28N2O3S. The van der Waals surface area contributed by atoms with E-state index in [1.165, 1.54) is 4.31 Å². The van der Waals surface area contributed by atoms with E-state index in [1.54, 1.807) is 0 Å². The minimum Gasteiger partial charge on any atom is -0.351 e. The molecule has 0 saturated heterocycles. The van der Waals surface area contributed by atoms with E-state index in [0.717, 1.165) is 22.3 Å². The smallest absolute Gasteiger partial charge is 0.244 e. The molecule has 0 bridgehead atoms. The molecule has 1 N–H and O–H groups in total. The van der Waals surface area contributed by atoms with Gasteiger partial charge in [-0.2, -0.15) is 4.31 Å². The normalized spacial score (nSPS) is 16.4. The Balaban J connectivity index is 1.71. The quantitative estimate of drug-likeness (QED) is 0.641. The first kappa shape index (κ1) is 22.2. The Morgan fingerprint density at radius 1 is 0.938 bits per heavy atom. The Hall–Kier alpha value is -2.96. The molecule has 1 atom stereocenters. The summed E-state index contributed by atoms with van der Waals surface area (Å²) in [5, 5.41) is 2.95. The molecule has 0 radical (unpaired) electrons. The second-order valence-corrected chi connectivity index (χ2v) is 10.3. The van der Waals surface area contributed by atoms with Gasteiger partial charge >= 0.3 is 0 Å². The van der Waals surface area contributed by atoms with E-state index in [9.17, 15) is 13.2 Å². The first-order valence-corrected chi connectivity index (χ1v) is 12.2. The van der Waals surface area contributed by atoms with E-state index in [1.807, 2.05) is 87.5 Å². The van der Waals surface area contributed by atoms with Gasteiger partial charge in [0, 0.05) is 13.1 Å². The number of amides is 1. The molecule has 0 fully saturated rings. The zero-order valence-electron chi connectivity index (χ0n) is 18.6. The monoisotopic (exact) mass is 448 g/mol. The van der Waals surface area contributed by atoms with Crippen LogP contribution in [0.5, 0.6) is 0 Å². The van der Waals surface area contributed by atoms with Gasteiger partial charge in [-0.05, 0) is 55.0 Å². The summed E-state index contributed by atoms with van der Waals surface area (Å²) in [4.78, 5) is 13.6. The molecule has 6 heteroatoms. The summed E-state index contributed by atoms with van der Waals surface area (Å²) >= 11 is 0. The molecule has 1 heterocycles. The Morgan fingerprint density at radius 3 is 2.19 bits per heavy atom. The summed E-state index contributed by atoms with van der Waals surface area (Å²) in [5.41, 5.74) is 5.33. The van der Waals surface area contributed by atoms with Crippen molar-refractivity contribution in [2.24, 2.45) is 0 Å². The molecule has 0 spiro atoms. The minimum absolute atomic E-state index is 0.175. The maximum Gasteiger partial charge on any atom is 0.244 e. The third-order valence-corrected chi connectivity index (χ3v) is 8.15. The number of hydrogen-bond donors (Lipinski definition) is 1. The zero-order chi connectivity index (χ0) is 22.9. The highest BCUT2D eigenvalue weighted by Crippen LogP contribution is 2.32. The van der Waals surface area contributed by atoms with Gasteiger partial charge in [0.15, 0.2) is 0 Å². The number of nitrogens with one attached hydrogen (secondary N) is 1. The van der Waals surface area contributed by atoms with Crippen molar-refractivity contribution in [3.63, 3.8) is 0 Å². The van der Waals surface area contributed by atoms with Crippen LogP contribution in [0.1, 0.15) is 33.4 Å². The van der Waals surface area contributed by atoms with Gasteiger partial charge in [0.25, 0.3) is 0 Å². The van der Waals surface area contributed by atoms with Crippen molar-refractivity contribution in [2.75, 3.05) is 0 Å². The summed E-state index contributed by atoms with van der Waals surface area (Å²) in [6.07, 6.45) is 0.347. The Bertz CT molecular complexity index is 1230. The van der Waals surface area contributed by atoms with Crippen molar-refractivity contribution in [1.29, 1.82) is 0 Å². The van der Waals surface area contributed by atoms with Crippen LogP contribution in [0.4, 0.5) is 0 Å². The number of rotatable bonds is 5. The second-order valence-electron chi connectivity index (χ2n) is 8.47. The molecular weight excluding hydrogens is 420 g/mol. The highest BCUT2D eigenvalue weighted by molar-refractivity contribution is 7.89. The molecule has 166 valence electrons. The van der Waals surface area contributed by atoms with E-state index in [-0.39, 0.29) is 12.5 Å². The van der Waals surface area contributed by atoms with E-state index in [0.29, 0.717) is 29.0 Å². The lowest BCUT2D eigenvalue weighted by molar-refractivity contribution is -0.125. The number of carbonyl (C=O) groups excluding carboxylic acids is 1. The minimum atomic E-state index is -3.89. The van der Waals surface area contributed by atoms with Crippen LogP contribution in [-0.4, -0.2) is 24.7 Å². The molecule has 3 aromatic carbocycles. The average Bonchev–Trinajstić information content (AvgIpc) is 2.76. The summed E-state index contributed by atoms with van der Waals surface area (Å²) in [5.74, 6) is -0.283. The summed E-state index contributed by atoms with van der Waals surface area (Å²) in [6.45, 7) is 6.11. The summed E-state index contributed by atoms with van der Waals surface area (Å²) in [7, 11) is -3.89. The van der Waals surface area contributed by atoms with Gasteiger partial charge in [0.1, 0.15) is 6.04 Å². The molecule has 32 heavy (non-hydrogen) atoms. The van der Waals surface area contributed by atoms with Crippen LogP contribution in [0.3, 0.4) is 0 Å². The van der Waals surface area contributed by atoms with Crippen LogP contribution in [0, 0.1) is 20.8 Å². The van der Waals surface area contributed by atoms with Crippen molar-refractivity contribution in [2.45, 2.75) is 51.2 Å². The van der Waals surface area contributed by atoms with E-state index in [4.69, 9.17) is 0 Å². The SMILES string of the molecule is Cc1cc(C)c(S(=O)(=O)N2Cc3ccccc3CC2C(=O)NCc2ccccc2)c(C)c1. The molecule has 1 aliphatic heterocycles. The predicted octanol–water partition coefficient (Wildman–Crippen LogP) is 4.04. The lowest BCUT2D eigenvalue weighted by Gasteiger charge is -2.35. The Morgan fingerprint density at radius 2 is 1.53 bits per heavy atom. The van der Waals surface area contributed by atoms with Gasteiger partial charge in [0.05, 0.1) is 4.90 Å². The number of carbonyl (C=O) groups is 1. The Kier molecular flexibility index (Phi) is 6.17. The van der Waals surface area contributed by atoms with Crippen LogP contribution >= 0.6 is 0 Å². The summed E-state index contributed by atoms with van der Waals surface area (Å²) in [6, 6.07) is 20.3. The van der Waals surface area contributed by atoms with E-state index < -0.39 is 16.1 Å². The molecule has 1 unspecified atom stereocenters. The number of hydrogen-bond acceptors (Lipinski definition) is 3. The predicted molar refractivity (Wildman–Crippen MR) is 126 cm³/mol. The van der Waals surface area contributed by atoms with Crippen LogP contribution in [-0.2, 0) is 34.3 Å². The number of aryl methyl sites for hydroxylation is 3. The average molecular weight is 449 g/mol. The van der Waals surface area contributed by atoms with Gasteiger partial charge in [-0.25, -0.2) is 8.42 Å². The topological polar surface area (TPSA) is 66.5 Å². The van der Waals surface area contributed by atoms with Crippen LogP contribution in [0.2, 0.25) is 0 Å². The number of nitrogens with zero attached hydrogens (tertiary/aromatic N) is 1.